The first kappa shape index (κ1) is 24.8. The van der Waals surface area contributed by atoms with Crippen LogP contribution in [0.15, 0.2) is 128 Å². The van der Waals surface area contributed by atoms with Crippen molar-refractivity contribution >= 4 is 17.9 Å². The van der Waals surface area contributed by atoms with Gasteiger partial charge in [-0.25, -0.2) is 4.79 Å². The molecule has 0 saturated carbocycles. The third-order valence-electron chi connectivity index (χ3n) is 6.80. The third-order valence-corrected chi connectivity index (χ3v) is 8.53. The Labute approximate surface area is 223 Å². The number of hydrogen-bond donors (Lipinski definition) is 0. The molecule has 0 N–H and O–H groups in total. The molecule has 0 unspecified atom stereocenters. The molecule has 0 aliphatic carbocycles. The normalized spacial score (nSPS) is 17.4. The fourth-order valence-electron chi connectivity index (χ4n) is 5.17. The lowest BCUT2D eigenvalue weighted by molar-refractivity contribution is 0.108. The maximum absolute atomic E-state index is 13.1. The van der Waals surface area contributed by atoms with Crippen LogP contribution in [0.2, 0.25) is 0 Å². The highest BCUT2D eigenvalue weighted by atomic mass is 32.2. The monoisotopic (exact) mass is 506 g/mol. The van der Waals surface area contributed by atoms with Gasteiger partial charge < -0.3 is 9.64 Å². The van der Waals surface area contributed by atoms with Crippen LogP contribution in [0.5, 0.6) is 0 Å². The van der Waals surface area contributed by atoms with Crippen LogP contribution in [-0.4, -0.2) is 34.4 Å². The summed E-state index contributed by atoms with van der Waals surface area (Å²) in [5.41, 5.74) is 4.71. The first-order valence-corrected chi connectivity index (χ1v) is 13.4. The third kappa shape index (κ3) is 5.18. The first-order valence-electron chi connectivity index (χ1n) is 12.5. The van der Waals surface area contributed by atoms with E-state index >= 15 is 0 Å². The maximum atomic E-state index is 13.1. The summed E-state index contributed by atoms with van der Waals surface area (Å²) >= 11 is 1.92. The minimum Gasteiger partial charge on any atom is -0.445 e. The molecule has 1 fully saturated rings. The van der Waals surface area contributed by atoms with Crippen molar-refractivity contribution in [1.82, 2.24) is 9.88 Å². The largest absolute Gasteiger partial charge is 0.445 e. The Kier molecular flexibility index (Phi) is 7.71. The van der Waals surface area contributed by atoms with Crippen LogP contribution in [0.3, 0.4) is 0 Å². The van der Waals surface area contributed by atoms with Gasteiger partial charge in [-0.05, 0) is 40.8 Å². The zero-order valence-corrected chi connectivity index (χ0v) is 21.5. The first-order chi connectivity index (χ1) is 18.2. The lowest BCUT2D eigenvalue weighted by Gasteiger charge is -2.37. The molecule has 0 radical (unpaired) electrons. The molecule has 3 aromatic carbocycles. The van der Waals surface area contributed by atoms with Crippen LogP contribution in [0.4, 0.5) is 4.79 Å². The van der Waals surface area contributed by atoms with E-state index in [1.54, 1.807) is 18.5 Å². The lowest BCUT2D eigenvalue weighted by atomic mass is 9.84. The summed E-state index contributed by atoms with van der Waals surface area (Å²) in [5.74, 6) is 0. The second-order valence-corrected chi connectivity index (χ2v) is 10.6. The van der Waals surface area contributed by atoms with Crippen molar-refractivity contribution in [3.8, 4) is 0 Å². The van der Waals surface area contributed by atoms with Crippen molar-refractivity contribution in [1.29, 1.82) is 0 Å². The average Bonchev–Trinajstić information content (AvgIpc) is 3.40. The second kappa shape index (κ2) is 11.5. The SMILES string of the molecule is C=CCOC(=O)N1C[C@@H](SC(c2ccccc2)(c2ccccc2)c2ccccc2)C[C@H]1c1ccncc1. The molecule has 186 valence electrons. The molecule has 1 aromatic heterocycles. The highest BCUT2D eigenvalue weighted by molar-refractivity contribution is 8.01. The van der Waals surface area contributed by atoms with E-state index in [1.165, 1.54) is 16.7 Å². The highest BCUT2D eigenvalue weighted by Crippen LogP contribution is 2.53. The molecular weight excluding hydrogens is 476 g/mol. The number of ether oxygens (including phenoxy) is 1. The molecule has 4 aromatic rings. The zero-order valence-electron chi connectivity index (χ0n) is 20.6. The van der Waals surface area contributed by atoms with E-state index in [0.717, 1.165) is 12.0 Å². The molecule has 5 rings (SSSR count). The number of amides is 1. The number of thioether (sulfide) groups is 1. The molecular formula is C32H30N2O2S. The molecule has 0 bridgehead atoms. The molecule has 1 amide bonds. The molecule has 4 nitrogen and oxygen atoms in total. The molecule has 37 heavy (non-hydrogen) atoms. The van der Waals surface area contributed by atoms with Crippen molar-refractivity contribution in [2.24, 2.45) is 0 Å². The number of nitrogens with zero attached hydrogens (tertiary/aromatic N) is 2. The summed E-state index contributed by atoms with van der Waals surface area (Å²) < 4.78 is 5.06. The van der Waals surface area contributed by atoms with E-state index in [-0.39, 0.29) is 24.0 Å². The Hall–Kier alpha value is -3.83. The van der Waals surface area contributed by atoms with Crippen molar-refractivity contribution in [3.05, 3.63) is 150 Å². The van der Waals surface area contributed by atoms with Gasteiger partial charge in [0, 0.05) is 24.2 Å². The average molecular weight is 507 g/mol. The van der Waals surface area contributed by atoms with Gasteiger partial charge in [-0.15, -0.1) is 11.8 Å². The van der Waals surface area contributed by atoms with Crippen LogP contribution in [0.25, 0.3) is 0 Å². The van der Waals surface area contributed by atoms with Gasteiger partial charge in [0.05, 0.1) is 10.8 Å². The quantitative estimate of drug-likeness (QED) is 0.187. The Balaban J connectivity index is 1.58. The Morgan fingerprint density at radius 1 is 0.892 bits per heavy atom. The topological polar surface area (TPSA) is 42.4 Å². The van der Waals surface area contributed by atoms with Crippen molar-refractivity contribution in [2.75, 3.05) is 13.2 Å². The van der Waals surface area contributed by atoms with Crippen LogP contribution >= 0.6 is 11.8 Å². The van der Waals surface area contributed by atoms with E-state index in [4.69, 9.17) is 4.74 Å². The summed E-state index contributed by atoms with van der Waals surface area (Å²) in [6, 6.07) is 35.9. The van der Waals surface area contributed by atoms with Gasteiger partial charge >= 0.3 is 6.09 Å². The second-order valence-electron chi connectivity index (χ2n) is 9.07. The standard InChI is InChI=1S/C32H30N2O2S/c1-2-22-36-31(35)34-24-29(23-30(34)25-18-20-33-21-19-25)37-32(26-12-6-3-7-13-26,27-14-8-4-9-15-27)28-16-10-5-11-17-28/h2-21,29-30H,1,22-24H2/t29-,30-/m0/s1. The fourth-order valence-corrected chi connectivity index (χ4v) is 7.00. The molecule has 5 heteroatoms. The Morgan fingerprint density at radius 2 is 1.41 bits per heavy atom. The number of pyridine rings is 1. The number of rotatable bonds is 8. The zero-order chi connectivity index (χ0) is 25.5. The fraction of sp³-hybridized carbons (Fsp3) is 0.188. The van der Waals surface area contributed by atoms with Crippen LogP contribution in [-0.2, 0) is 9.48 Å². The van der Waals surface area contributed by atoms with E-state index in [2.05, 4.69) is 103 Å². The van der Waals surface area contributed by atoms with E-state index in [0.29, 0.717) is 6.54 Å². The van der Waals surface area contributed by atoms with E-state index in [1.807, 2.05) is 28.8 Å². The van der Waals surface area contributed by atoms with Gasteiger partial charge in [0.25, 0.3) is 0 Å². The predicted molar refractivity (Wildman–Crippen MR) is 150 cm³/mol. The smallest absolute Gasteiger partial charge is 0.410 e. The van der Waals surface area contributed by atoms with Crippen molar-refractivity contribution in [3.63, 3.8) is 0 Å². The number of aromatic nitrogens is 1. The molecule has 1 aliphatic heterocycles. The lowest BCUT2D eigenvalue weighted by Crippen LogP contribution is -2.33. The Morgan fingerprint density at radius 3 is 1.89 bits per heavy atom. The molecule has 1 aliphatic rings. The van der Waals surface area contributed by atoms with Gasteiger partial charge in [0.1, 0.15) is 6.61 Å². The molecule has 0 spiro atoms. The van der Waals surface area contributed by atoms with Crippen molar-refractivity contribution in [2.45, 2.75) is 22.5 Å². The molecule has 2 heterocycles. The number of likely N-dealkylation sites (tertiary alicyclic amines) is 1. The number of hydrogen-bond acceptors (Lipinski definition) is 4. The minimum atomic E-state index is -0.446. The number of benzene rings is 3. The van der Waals surface area contributed by atoms with E-state index in [9.17, 15) is 4.79 Å². The summed E-state index contributed by atoms with van der Waals surface area (Å²) in [5, 5.41) is 0.162. The summed E-state index contributed by atoms with van der Waals surface area (Å²) in [7, 11) is 0. The Bertz CT molecular complexity index is 1200. The number of carbonyl (C=O) groups is 1. The summed E-state index contributed by atoms with van der Waals surface area (Å²) in [6.07, 6.45) is 5.67. The van der Waals surface area contributed by atoms with Crippen molar-refractivity contribution < 1.29 is 9.53 Å². The summed E-state index contributed by atoms with van der Waals surface area (Å²) in [6.45, 7) is 4.47. The highest BCUT2D eigenvalue weighted by Gasteiger charge is 2.44. The number of carbonyl (C=O) groups excluding carboxylic acids is 1. The van der Waals surface area contributed by atoms with Gasteiger partial charge in [-0.3, -0.25) is 4.98 Å². The maximum Gasteiger partial charge on any atom is 0.410 e. The van der Waals surface area contributed by atoms with Gasteiger partial charge in [0.15, 0.2) is 0 Å². The minimum absolute atomic E-state index is 0.0853. The van der Waals surface area contributed by atoms with Crippen LogP contribution < -0.4 is 0 Å². The van der Waals surface area contributed by atoms with E-state index < -0.39 is 4.75 Å². The molecule has 1 saturated heterocycles. The van der Waals surface area contributed by atoms with Crippen LogP contribution in [0.1, 0.15) is 34.7 Å². The van der Waals surface area contributed by atoms with Crippen LogP contribution in [0, 0.1) is 0 Å². The van der Waals surface area contributed by atoms with Gasteiger partial charge in [0.2, 0.25) is 0 Å². The summed E-state index contributed by atoms with van der Waals surface area (Å²) in [4.78, 5) is 19.2. The molecule has 2 atom stereocenters. The van der Waals surface area contributed by atoms with Gasteiger partial charge in [-0.1, -0.05) is 104 Å². The van der Waals surface area contributed by atoms with Gasteiger partial charge in [-0.2, -0.15) is 0 Å². The predicted octanol–water partition coefficient (Wildman–Crippen LogP) is 7.24.